The van der Waals surface area contributed by atoms with E-state index < -0.39 is 0 Å². The van der Waals surface area contributed by atoms with Gasteiger partial charge in [-0.15, -0.1) is 0 Å². The molecular weight excluding hydrogens is 356 g/mol. The number of carbonyl (C=O) groups is 2. The van der Waals surface area contributed by atoms with Gasteiger partial charge >= 0.3 is 0 Å². The van der Waals surface area contributed by atoms with E-state index in [0.717, 1.165) is 22.2 Å². The number of carbonyl (C=O) groups excluding carboxylic acids is 2. The van der Waals surface area contributed by atoms with E-state index in [1.54, 1.807) is 12.0 Å². The Morgan fingerprint density at radius 2 is 1.79 bits per heavy atom. The molecule has 144 valence electrons. The first kappa shape index (κ1) is 18.0. The molecule has 0 atom stereocenters. The lowest BCUT2D eigenvalue weighted by atomic mass is 10.1. The Kier molecular flexibility index (Phi) is 4.97. The second-order valence-corrected chi connectivity index (χ2v) is 6.82. The molecule has 2 amide bonds. The number of aromatic amines is 1. The maximum Gasteiger partial charge on any atom is 0.275 e. The molecule has 0 unspecified atom stereocenters. The normalized spacial score (nSPS) is 14.3. The number of nitrogens with zero attached hydrogens (tertiary/aromatic N) is 3. The van der Waals surface area contributed by atoms with Crippen LogP contribution in [0.5, 0.6) is 5.75 Å². The Labute approximate surface area is 162 Å². The van der Waals surface area contributed by atoms with Crippen LogP contribution in [0, 0.1) is 0 Å². The molecule has 7 heteroatoms. The molecular formula is C21H22N4O3. The Balaban J connectivity index is 1.37. The first-order chi connectivity index (χ1) is 13.7. The lowest BCUT2D eigenvalue weighted by Gasteiger charge is -2.34. The molecule has 0 radical (unpaired) electrons. The van der Waals surface area contributed by atoms with Gasteiger partial charge in [-0.25, -0.2) is 0 Å². The summed E-state index contributed by atoms with van der Waals surface area (Å²) in [5.74, 6) is 0.704. The molecule has 2 heterocycles. The van der Waals surface area contributed by atoms with Gasteiger partial charge in [-0.1, -0.05) is 30.3 Å². The molecule has 1 saturated heterocycles. The highest BCUT2D eigenvalue weighted by atomic mass is 16.5. The number of piperazine rings is 1. The molecule has 1 aliphatic heterocycles. The summed E-state index contributed by atoms with van der Waals surface area (Å²) in [5.41, 5.74) is 2.20. The number of amides is 2. The van der Waals surface area contributed by atoms with E-state index in [4.69, 9.17) is 4.74 Å². The fourth-order valence-electron chi connectivity index (χ4n) is 3.50. The summed E-state index contributed by atoms with van der Waals surface area (Å²) in [7, 11) is 1.61. The van der Waals surface area contributed by atoms with Crippen molar-refractivity contribution in [1.29, 1.82) is 0 Å². The third kappa shape index (κ3) is 3.55. The van der Waals surface area contributed by atoms with Gasteiger partial charge in [0.05, 0.1) is 19.0 Å². The zero-order valence-corrected chi connectivity index (χ0v) is 15.7. The molecule has 7 nitrogen and oxygen atoms in total. The maximum atomic E-state index is 12.8. The molecule has 1 aromatic heterocycles. The van der Waals surface area contributed by atoms with Crippen LogP contribution in [-0.2, 0) is 11.2 Å². The van der Waals surface area contributed by atoms with Gasteiger partial charge in [0.2, 0.25) is 5.91 Å². The highest BCUT2D eigenvalue weighted by molar-refractivity contribution is 6.04. The second kappa shape index (κ2) is 7.72. The standard InChI is InChI=1S/C21H22N4O3/c1-28-16-6-4-5-15(13-16)14-19(26)24-9-11-25(12-10-24)21(27)20-17-7-2-3-8-18(17)22-23-20/h2-8,13H,9-12,14H2,1H3,(H,22,23). The quantitative estimate of drug-likeness (QED) is 0.754. The van der Waals surface area contributed by atoms with Crippen LogP contribution in [0.15, 0.2) is 48.5 Å². The van der Waals surface area contributed by atoms with E-state index in [1.165, 1.54) is 0 Å². The summed E-state index contributed by atoms with van der Waals surface area (Å²) in [4.78, 5) is 29.0. The summed E-state index contributed by atoms with van der Waals surface area (Å²) in [5, 5.41) is 7.91. The fraction of sp³-hybridized carbons (Fsp3) is 0.286. The first-order valence-electron chi connectivity index (χ1n) is 9.29. The van der Waals surface area contributed by atoms with Crippen LogP contribution in [0.3, 0.4) is 0 Å². The van der Waals surface area contributed by atoms with Crippen LogP contribution in [0.1, 0.15) is 16.1 Å². The maximum absolute atomic E-state index is 12.8. The van der Waals surface area contributed by atoms with Crippen LogP contribution in [-0.4, -0.2) is 65.1 Å². The molecule has 0 spiro atoms. The lowest BCUT2D eigenvalue weighted by molar-refractivity contribution is -0.131. The molecule has 1 fully saturated rings. The fourth-order valence-corrected chi connectivity index (χ4v) is 3.50. The molecule has 2 aromatic carbocycles. The van der Waals surface area contributed by atoms with Crippen LogP contribution in [0.2, 0.25) is 0 Å². The van der Waals surface area contributed by atoms with E-state index in [9.17, 15) is 9.59 Å². The van der Waals surface area contributed by atoms with Gasteiger partial charge in [-0.3, -0.25) is 14.7 Å². The molecule has 1 N–H and O–H groups in total. The topological polar surface area (TPSA) is 78.5 Å². The third-order valence-corrected chi connectivity index (χ3v) is 5.08. The Hall–Kier alpha value is -3.35. The van der Waals surface area contributed by atoms with Crippen LogP contribution >= 0.6 is 0 Å². The van der Waals surface area contributed by atoms with Crippen molar-refractivity contribution in [2.75, 3.05) is 33.3 Å². The van der Waals surface area contributed by atoms with E-state index in [2.05, 4.69) is 10.2 Å². The lowest BCUT2D eigenvalue weighted by Crippen LogP contribution is -2.51. The SMILES string of the molecule is COc1cccc(CC(=O)N2CCN(C(=O)c3n[nH]c4ccccc34)CC2)c1. The number of hydrogen-bond acceptors (Lipinski definition) is 4. The number of rotatable bonds is 4. The van der Waals surface area contributed by atoms with Crippen LogP contribution in [0.25, 0.3) is 10.9 Å². The number of nitrogens with one attached hydrogen (secondary N) is 1. The highest BCUT2D eigenvalue weighted by Gasteiger charge is 2.27. The van der Waals surface area contributed by atoms with Crippen molar-refractivity contribution < 1.29 is 14.3 Å². The molecule has 0 saturated carbocycles. The smallest absolute Gasteiger partial charge is 0.275 e. The minimum absolute atomic E-state index is 0.0607. The van der Waals surface area contributed by atoms with Gasteiger partial charge in [0.1, 0.15) is 5.75 Å². The van der Waals surface area contributed by atoms with Gasteiger partial charge in [-0.05, 0) is 23.8 Å². The number of H-pyrrole nitrogens is 1. The predicted molar refractivity (Wildman–Crippen MR) is 105 cm³/mol. The minimum Gasteiger partial charge on any atom is -0.497 e. The number of methoxy groups -OCH3 is 1. The Morgan fingerprint density at radius 1 is 1.04 bits per heavy atom. The van der Waals surface area contributed by atoms with Crippen molar-refractivity contribution in [3.63, 3.8) is 0 Å². The number of hydrogen-bond donors (Lipinski definition) is 1. The number of fused-ring (bicyclic) bond motifs is 1. The monoisotopic (exact) mass is 378 g/mol. The van der Waals surface area contributed by atoms with E-state index >= 15 is 0 Å². The average molecular weight is 378 g/mol. The average Bonchev–Trinajstić information content (AvgIpc) is 3.17. The number of ether oxygens (including phenoxy) is 1. The molecule has 3 aromatic rings. The van der Waals surface area contributed by atoms with E-state index in [0.29, 0.717) is 38.3 Å². The van der Waals surface area contributed by atoms with Crippen molar-refractivity contribution >= 4 is 22.7 Å². The summed E-state index contributed by atoms with van der Waals surface area (Å²) >= 11 is 0. The number of benzene rings is 2. The van der Waals surface area contributed by atoms with E-state index in [1.807, 2.05) is 53.4 Å². The van der Waals surface area contributed by atoms with Crippen molar-refractivity contribution in [2.45, 2.75) is 6.42 Å². The highest BCUT2D eigenvalue weighted by Crippen LogP contribution is 2.18. The van der Waals surface area contributed by atoms with Gasteiger partial charge < -0.3 is 14.5 Å². The predicted octanol–water partition coefficient (Wildman–Crippen LogP) is 2.10. The molecule has 28 heavy (non-hydrogen) atoms. The van der Waals surface area contributed by atoms with Crippen molar-refractivity contribution in [1.82, 2.24) is 20.0 Å². The molecule has 1 aliphatic rings. The largest absolute Gasteiger partial charge is 0.497 e. The second-order valence-electron chi connectivity index (χ2n) is 6.82. The summed E-state index contributed by atoms with van der Waals surface area (Å²) < 4.78 is 5.21. The minimum atomic E-state index is -0.0997. The van der Waals surface area contributed by atoms with Crippen molar-refractivity contribution in [2.24, 2.45) is 0 Å². The first-order valence-corrected chi connectivity index (χ1v) is 9.29. The summed E-state index contributed by atoms with van der Waals surface area (Å²) in [6.07, 6.45) is 0.329. The molecule has 4 rings (SSSR count). The number of para-hydroxylation sites is 1. The van der Waals surface area contributed by atoms with Crippen molar-refractivity contribution in [3.8, 4) is 5.75 Å². The van der Waals surface area contributed by atoms with Gasteiger partial charge in [0, 0.05) is 31.6 Å². The Bertz CT molecular complexity index is 1010. The number of aromatic nitrogens is 2. The van der Waals surface area contributed by atoms with Crippen LogP contribution < -0.4 is 4.74 Å². The molecule has 0 aliphatic carbocycles. The van der Waals surface area contributed by atoms with Crippen molar-refractivity contribution in [3.05, 3.63) is 59.8 Å². The van der Waals surface area contributed by atoms with Gasteiger partial charge in [-0.2, -0.15) is 5.10 Å². The summed E-state index contributed by atoms with van der Waals surface area (Å²) in [6.45, 7) is 2.06. The third-order valence-electron chi connectivity index (χ3n) is 5.08. The van der Waals surface area contributed by atoms with Crippen LogP contribution in [0.4, 0.5) is 0 Å². The van der Waals surface area contributed by atoms with Gasteiger partial charge in [0.15, 0.2) is 5.69 Å². The molecule has 0 bridgehead atoms. The summed E-state index contributed by atoms with van der Waals surface area (Å²) in [6, 6.07) is 15.1. The Morgan fingerprint density at radius 3 is 2.57 bits per heavy atom. The van der Waals surface area contributed by atoms with Gasteiger partial charge in [0.25, 0.3) is 5.91 Å². The zero-order chi connectivity index (χ0) is 19.5. The van der Waals surface area contributed by atoms with E-state index in [-0.39, 0.29) is 11.8 Å². The zero-order valence-electron chi connectivity index (χ0n) is 15.7.